The summed E-state index contributed by atoms with van der Waals surface area (Å²) in [5.41, 5.74) is 5.41. The van der Waals surface area contributed by atoms with Gasteiger partial charge in [-0.1, -0.05) is 25.4 Å². The molecule has 5 heteroatoms. The Labute approximate surface area is 96.8 Å². The number of hydrogen-bond acceptors (Lipinski definition) is 5. The third kappa shape index (κ3) is 4.18. The van der Waals surface area contributed by atoms with Crippen LogP contribution in [0.1, 0.15) is 39.5 Å². The molecule has 16 heavy (non-hydrogen) atoms. The first-order valence-electron chi connectivity index (χ1n) is 5.94. The van der Waals surface area contributed by atoms with Gasteiger partial charge in [-0.05, 0) is 19.3 Å². The number of nitrogens with one attached hydrogen (secondary N) is 1. The second-order valence-corrected chi connectivity index (χ2v) is 4.33. The lowest BCUT2D eigenvalue weighted by Gasteiger charge is -2.15. The number of nitrogens with zero attached hydrogens (tertiary/aromatic N) is 2. The van der Waals surface area contributed by atoms with Crippen molar-refractivity contribution >= 4 is 6.01 Å². The molecule has 2 atom stereocenters. The first kappa shape index (κ1) is 13.0. The van der Waals surface area contributed by atoms with Crippen molar-refractivity contribution in [1.29, 1.82) is 0 Å². The van der Waals surface area contributed by atoms with Crippen LogP contribution in [0.5, 0.6) is 0 Å². The Morgan fingerprint density at radius 3 is 2.75 bits per heavy atom. The van der Waals surface area contributed by atoms with E-state index in [1.165, 1.54) is 6.42 Å². The smallest absolute Gasteiger partial charge is 0.315 e. The van der Waals surface area contributed by atoms with Gasteiger partial charge in [-0.25, -0.2) is 0 Å². The molecule has 1 rings (SSSR count). The number of nitrogens with two attached hydrogens (primary N) is 1. The van der Waals surface area contributed by atoms with E-state index < -0.39 is 0 Å². The summed E-state index contributed by atoms with van der Waals surface area (Å²) in [5, 5.41) is 11.0. The number of aromatic nitrogens is 2. The van der Waals surface area contributed by atoms with Crippen LogP contribution in [0.2, 0.25) is 0 Å². The van der Waals surface area contributed by atoms with E-state index in [1.54, 1.807) is 0 Å². The van der Waals surface area contributed by atoms with E-state index in [1.807, 2.05) is 0 Å². The summed E-state index contributed by atoms with van der Waals surface area (Å²) >= 11 is 0. The van der Waals surface area contributed by atoms with Crippen LogP contribution in [-0.2, 0) is 6.42 Å². The van der Waals surface area contributed by atoms with Gasteiger partial charge in [0.1, 0.15) is 0 Å². The van der Waals surface area contributed by atoms with Gasteiger partial charge in [0.25, 0.3) is 0 Å². The zero-order valence-electron chi connectivity index (χ0n) is 10.4. The summed E-state index contributed by atoms with van der Waals surface area (Å²) in [7, 11) is 0. The summed E-state index contributed by atoms with van der Waals surface area (Å²) in [6.45, 7) is 7.10. The molecule has 0 saturated heterocycles. The first-order chi connectivity index (χ1) is 7.65. The standard InChI is InChI=1S/C11H22N4O/c1-4-8(2)7-9(3)13-11-15-14-10(16-11)5-6-12/h8-9H,4-7,12H2,1-3H3,(H,13,15). The van der Waals surface area contributed by atoms with Crippen LogP contribution in [-0.4, -0.2) is 22.8 Å². The van der Waals surface area contributed by atoms with Crippen molar-refractivity contribution in [3.8, 4) is 0 Å². The molecule has 0 aliphatic rings. The summed E-state index contributed by atoms with van der Waals surface area (Å²) in [4.78, 5) is 0. The largest absolute Gasteiger partial charge is 0.408 e. The highest BCUT2D eigenvalue weighted by molar-refractivity contribution is 5.18. The predicted octanol–water partition coefficient (Wildman–Crippen LogP) is 1.81. The third-order valence-electron chi connectivity index (χ3n) is 2.65. The van der Waals surface area contributed by atoms with Gasteiger partial charge in [0.15, 0.2) is 0 Å². The molecule has 2 unspecified atom stereocenters. The van der Waals surface area contributed by atoms with E-state index in [2.05, 4.69) is 36.3 Å². The van der Waals surface area contributed by atoms with E-state index in [-0.39, 0.29) is 0 Å². The Kier molecular flexibility index (Phi) is 5.25. The fourth-order valence-electron chi connectivity index (χ4n) is 1.58. The quantitative estimate of drug-likeness (QED) is 0.741. The van der Waals surface area contributed by atoms with Crippen LogP contribution in [0.3, 0.4) is 0 Å². The Morgan fingerprint density at radius 1 is 1.38 bits per heavy atom. The minimum atomic E-state index is 0.348. The fraction of sp³-hybridized carbons (Fsp3) is 0.818. The van der Waals surface area contributed by atoms with Crippen molar-refractivity contribution in [2.75, 3.05) is 11.9 Å². The molecule has 1 aromatic rings. The van der Waals surface area contributed by atoms with Crippen LogP contribution in [0.25, 0.3) is 0 Å². The maximum Gasteiger partial charge on any atom is 0.315 e. The predicted molar refractivity (Wildman–Crippen MR) is 64.2 cm³/mol. The van der Waals surface area contributed by atoms with Crippen LogP contribution >= 0.6 is 0 Å². The highest BCUT2D eigenvalue weighted by Gasteiger charge is 2.11. The molecule has 0 aliphatic carbocycles. The van der Waals surface area contributed by atoms with E-state index in [9.17, 15) is 0 Å². The lowest BCUT2D eigenvalue weighted by molar-refractivity contribution is 0.462. The Balaban J connectivity index is 2.40. The molecule has 3 N–H and O–H groups in total. The van der Waals surface area contributed by atoms with Gasteiger partial charge >= 0.3 is 6.01 Å². The first-order valence-corrected chi connectivity index (χ1v) is 5.94. The van der Waals surface area contributed by atoms with Gasteiger partial charge in [0, 0.05) is 19.0 Å². The van der Waals surface area contributed by atoms with E-state index in [4.69, 9.17) is 10.2 Å². The Bertz CT molecular complexity index is 300. The molecular weight excluding hydrogens is 204 g/mol. The average molecular weight is 226 g/mol. The second kappa shape index (κ2) is 6.48. The van der Waals surface area contributed by atoms with E-state index in [0.717, 1.165) is 6.42 Å². The van der Waals surface area contributed by atoms with Gasteiger partial charge in [-0.3, -0.25) is 0 Å². The van der Waals surface area contributed by atoms with Crippen molar-refractivity contribution in [1.82, 2.24) is 10.2 Å². The Morgan fingerprint density at radius 2 is 2.12 bits per heavy atom. The van der Waals surface area contributed by atoms with Gasteiger partial charge in [0.05, 0.1) is 0 Å². The van der Waals surface area contributed by atoms with Crippen molar-refractivity contribution in [2.24, 2.45) is 11.7 Å². The lowest BCUT2D eigenvalue weighted by atomic mass is 10.0. The van der Waals surface area contributed by atoms with Crippen molar-refractivity contribution in [3.05, 3.63) is 5.89 Å². The molecule has 0 fully saturated rings. The molecule has 0 radical (unpaired) electrons. The Hall–Kier alpha value is -1.10. The fourth-order valence-corrected chi connectivity index (χ4v) is 1.58. The summed E-state index contributed by atoms with van der Waals surface area (Å²) in [5.74, 6) is 1.30. The van der Waals surface area contributed by atoms with Crippen LogP contribution < -0.4 is 11.1 Å². The minimum Gasteiger partial charge on any atom is -0.408 e. The van der Waals surface area contributed by atoms with E-state index >= 15 is 0 Å². The molecule has 92 valence electrons. The molecule has 1 heterocycles. The third-order valence-corrected chi connectivity index (χ3v) is 2.65. The van der Waals surface area contributed by atoms with Crippen LogP contribution in [0.15, 0.2) is 4.42 Å². The van der Waals surface area contributed by atoms with Crippen molar-refractivity contribution in [3.63, 3.8) is 0 Å². The molecule has 0 aromatic carbocycles. The summed E-state index contributed by atoms with van der Waals surface area (Å²) < 4.78 is 5.40. The normalized spacial score (nSPS) is 14.8. The van der Waals surface area contributed by atoms with Crippen LogP contribution in [0.4, 0.5) is 6.01 Å². The summed E-state index contributed by atoms with van der Waals surface area (Å²) in [6, 6.07) is 0.848. The maximum absolute atomic E-state index is 5.41. The SMILES string of the molecule is CCC(C)CC(C)Nc1nnc(CCN)o1. The molecule has 5 nitrogen and oxygen atoms in total. The van der Waals surface area contributed by atoms with Gasteiger partial charge < -0.3 is 15.5 Å². The zero-order chi connectivity index (χ0) is 12.0. The van der Waals surface area contributed by atoms with Gasteiger partial charge in [-0.15, -0.1) is 5.10 Å². The topological polar surface area (TPSA) is 77.0 Å². The van der Waals surface area contributed by atoms with Crippen LogP contribution in [0, 0.1) is 5.92 Å². The van der Waals surface area contributed by atoms with Gasteiger partial charge in [0.2, 0.25) is 5.89 Å². The number of anilines is 1. The maximum atomic E-state index is 5.41. The lowest BCUT2D eigenvalue weighted by Crippen LogP contribution is -2.18. The highest BCUT2D eigenvalue weighted by Crippen LogP contribution is 2.14. The summed E-state index contributed by atoms with van der Waals surface area (Å²) in [6.07, 6.45) is 2.92. The molecule has 1 aromatic heterocycles. The second-order valence-electron chi connectivity index (χ2n) is 4.33. The zero-order valence-corrected chi connectivity index (χ0v) is 10.4. The number of rotatable bonds is 7. The average Bonchev–Trinajstić information content (AvgIpc) is 2.65. The highest BCUT2D eigenvalue weighted by atomic mass is 16.4. The molecule has 0 spiro atoms. The minimum absolute atomic E-state index is 0.348. The molecule has 0 amide bonds. The molecule has 0 saturated carbocycles. The monoisotopic (exact) mass is 226 g/mol. The van der Waals surface area contributed by atoms with Crippen molar-refractivity contribution in [2.45, 2.75) is 46.1 Å². The molecule has 0 bridgehead atoms. The molecular formula is C11H22N4O. The molecule has 0 aliphatic heterocycles. The van der Waals surface area contributed by atoms with Crippen molar-refractivity contribution < 1.29 is 4.42 Å². The number of hydrogen-bond donors (Lipinski definition) is 2. The van der Waals surface area contributed by atoms with Gasteiger partial charge in [-0.2, -0.15) is 0 Å². The van der Waals surface area contributed by atoms with E-state index in [0.29, 0.717) is 36.8 Å².